The van der Waals surface area contributed by atoms with E-state index in [4.69, 9.17) is 0 Å². The first-order chi connectivity index (χ1) is 7.36. The molecule has 1 rings (SSSR count). The number of rotatable bonds is 7. The zero-order valence-corrected chi connectivity index (χ0v) is 10.6. The van der Waals surface area contributed by atoms with E-state index >= 15 is 0 Å². The third-order valence-electron chi connectivity index (χ3n) is 3.57. The Hall–Kier alpha value is -0.0800. The Morgan fingerprint density at radius 1 is 1.07 bits per heavy atom. The van der Waals surface area contributed by atoms with Gasteiger partial charge in [-0.15, -0.1) is 0 Å². The second kappa shape index (κ2) is 8.12. The van der Waals surface area contributed by atoms with Gasteiger partial charge < -0.3 is 10.2 Å². The smallest absolute Gasteiger partial charge is 0.00884 e. The van der Waals surface area contributed by atoms with Crippen LogP contribution in [0.1, 0.15) is 51.9 Å². The summed E-state index contributed by atoms with van der Waals surface area (Å²) in [5, 5.41) is 3.38. The summed E-state index contributed by atoms with van der Waals surface area (Å²) in [5.41, 5.74) is 0. The molecule has 2 nitrogen and oxygen atoms in total. The molecule has 1 N–H and O–H groups in total. The Labute approximate surface area is 95.4 Å². The van der Waals surface area contributed by atoms with E-state index in [9.17, 15) is 0 Å². The van der Waals surface area contributed by atoms with Gasteiger partial charge in [0, 0.05) is 6.04 Å². The van der Waals surface area contributed by atoms with Crippen LogP contribution in [0.3, 0.4) is 0 Å². The molecule has 1 saturated heterocycles. The number of nitrogens with zero attached hydrogens (tertiary/aromatic N) is 1. The maximum atomic E-state index is 3.38. The normalized spacial score (nSPS) is 19.6. The third kappa shape index (κ3) is 5.53. The highest BCUT2D eigenvalue weighted by molar-refractivity contribution is 4.75. The van der Waals surface area contributed by atoms with Gasteiger partial charge in [-0.05, 0) is 45.9 Å². The molecule has 0 amide bonds. The standard InChI is InChI=1S/C13H28N2/c1-3-4-5-6-7-10-15-11-8-13(14-2)9-12-15/h13-14H,3-12H2,1-2H3. The fourth-order valence-corrected chi connectivity index (χ4v) is 2.38. The highest BCUT2D eigenvalue weighted by Crippen LogP contribution is 2.11. The number of piperidine rings is 1. The van der Waals surface area contributed by atoms with Gasteiger partial charge in [0.2, 0.25) is 0 Å². The molecule has 15 heavy (non-hydrogen) atoms. The number of nitrogens with one attached hydrogen (secondary N) is 1. The van der Waals surface area contributed by atoms with Gasteiger partial charge >= 0.3 is 0 Å². The van der Waals surface area contributed by atoms with Gasteiger partial charge in [0.25, 0.3) is 0 Å². The van der Waals surface area contributed by atoms with Crippen molar-refractivity contribution in [3.8, 4) is 0 Å². The van der Waals surface area contributed by atoms with Crippen LogP contribution in [0, 0.1) is 0 Å². The molecule has 0 aromatic heterocycles. The van der Waals surface area contributed by atoms with Crippen molar-refractivity contribution < 1.29 is 0 Å². The van der Waals surface area contributed by atoms with Crippen molar-refractivity contribution in [1.29, 1.82) is 0 Å². The minimum absolute atomic E-state index is 0.779. The van der Waals surface area contributed by atoms with Crippen LogP contribution in [-0.4, -0.2) is 37.6 Å². The molecular formula is C13H28N2. The lowest BCUT2D eigenvalue weighted by Crippen LogP contribution is -2.41. The van der Waals surface area contributed by atoms with Crippen molar-refractivity contribution in [3.05, 3.63) is 0 Å². The largest absolute Gasteiger partial charge is 0.317 e. The van der Waals surface area contributed by atoms with Crippen LogP contribution < -0.4 is 5.32 Å². The van der Waals surface area contributed by atoms with Gasteiger partial charge in [-0.2, -0.15) is 0 Å². The van der Waals surface area contributed by atoms with E-state index in [0.717, 1.165) is 6.04 Å². The molecule has 0 spiro atoms. The quantitative estimate of drug-likeness (QED) is 0.653. The van der Waals surface area contributed by atoms with Crippen molar-refractivity contribution in [1.82, 2.24) is 10.2 Å². The van der Waals surface area contributed by atoms with E-state index in [2.05, 4.69) is 24.2 Å². The minimum Gasteiger partial charge on any atom is -0.317 e. The fraction of sp³-hybridized carbons (Fsp3) is 1.00. The summed E-state index contributed by atoms with van der Waals surface area (Å²) < 4.78 is 0. The molecule has 1 heterocycles. The van der Waals surface area contributed by atoms with Crippen LogP contribution in [0.15, 0.2) is 0 Å². The van der Waals surface area contributed by atoms with Crippen molar-refractivity contribution >= 4 is 0 Å². The zero-order valence-electron chi connectivity index (χ0n) is 10.6. The topological polar surface area (TPSA) is 15.3 Å². The maximum Gasteiger partial charge on any atom is 0.00884 e. The second-order valence-electron chi connectivity index (χ2n) is 4.82. The zero-order chi connectivity index (χ0) is 10.9. The Morgan fingerprint density at radius 2 is 1.73 bits per heavy atom. The number of likely N-dealkylation sites (tertiary alicyclic amines) is 1. The van der Waals surface area contributed by atoms with Gasteiger partial charge in [0.15, 0.2) is 0 Å². The SMILES string of the molecule is CCCCCCCN1CCC(NC)CC1. The lowest BCUT2D eigenvalue weighted by Gasteiger charge is -2.31. The monoisotopic (exact) mass is 212 g/mol. The van der Waals surface area contributed by atoms with E-state index in [-0.39, 0.29) is 0 Å². The summed E-state index contributed by atoms with van der Waals surface area (Å²) in [6.07, 6.45) is 9.72. The lowest BCUT2D eigenvalue weighted by atomic mass is 10.0. The van der Waals surface area contributed by atoms with Crippen LogP contribution in [0.2, 0.25) is 0 Å². The van der Waals surface area contributed by atoms with Gasteiger partial charge in [-0.1, -0.05) is 32.6 Å². The Morgan fingerprint density at radius 3 is 2.33 bits per heavy atom. The molecule has 0 bridgehead atoms. The molecule has 0 unspecified atom stereocenters. The van der Waals surface area contributed by atoms with Crippen molar-refractivity contribution in [2.24, 2.45) is 0 Å². The predicted octanol–water partition coefficient (Wildman–Crippen LogP) is 2.64. The third-order valence-corrected chi connectivity index (χ3v) is 3.57. The molecule has 0 aliphatic carbocycles. The van der Waals surface area contributed by atoms with Crippen molar-refractivity contribution in [2.75, 3.05) is 26.7 Å². The van der Waals surface area contributed by atoms with Gasteiger partial charge in [-0.25, -0.2) is 0 Å². The summed E-state index contributed by atoms with van der Waals surface area (Å²) in [5.74, 6) is 0. The van der Waals surface area contributed by atoms with E-state index in [1.165, 1.54) is 64.6 Å². The number of hydrogen-bond acceptors (Lipinski definition) is 2. The average Bonchev–Trinajstić information content (AvgIpc) is 2.30. The van der Waals surface area contributed by atoms with Gasteiger partial charge in [-0.3, -0.25) is 0 Å². The molecular weight excluding hydrogens is 184 g/mol. The first kappa shape index (κ1) is 13.0. The Kier molecular flexibility index (Phi) is 7.03. The molecule has 0 saturated carbocycles. The van der Waals surface area contributed by atoms with Gasteiger partial charge in [0.05, 0.1) is 0 Å². The molecule has 1 aliphatic rings. The van der Waals surface area contributed by atoms with E-state index in [1.807, 2.05) is 0 Å². The van der Waals surface area contributed by atoms with E-state index in [0.29, 0.717) is 0 Å². The average molecular weight is 212 g/mol. The number of unbranched alkanes of at least 4 members (excludes halogenated alkanes) is 4. The summed E-state index contributed by atoms with van der Waals surface area (Å²) in [7, 11) is 2.09. The lowest BCUT2D eigenvalue weighted by molar-refractivity contribution is 0.198. The molecule has 90 valence electrons. The molecule has 2 heteroatoms. The molecule has 0 atom stereocenters. The molecule has 1 aliphatic heterocycles. The molecule has 0 radical (unpaired) electrons. The maximum absolute atomic E-state index is 3.38. The number of hydrogen-bond donors (Lipinski definition) is 1. The fourth-order valence-electron chi connectivity index (χ4n) is 2.38. The highest BCUT2D eigenvalue weighted by Gasteiger charge is 2.16. The van der Waals surface area contributed by atoms with Gasteiger partial charge in [0.1, 0.15) is 0 Å². The minimum atomic E-state index is 0.779. The van der Waals surface area contributed by atoms with Crippen molar-refractivity contribution in [2.45, 2.75) is 57.9 Å². The first-order valence-electron chi connectivity index (χ1n) is 6.76. The Balaban J connectivity index is 1.94. The highest BCUT2D eigenvalue weighted by atomic mass is 15.1. The molecule has 0 aromatic carbocycles. The van der Waals surface area contributed by atoms with E-state index < -0.39 is 0 Å². The predicted molar refractivity (Wildman–Crippen MR) is 67.3 cm³/mol. The summed E-state index contributed by atoms with van der Waals surface area (Å²) >= 11 is 0. The van der Waals surface area contributed by atoms with Crippen LogP contribution in [-0.2, 0) is 0 Å². The van der Waals surface area contributed by atoms with Crippen molar-refractivity contribution in [3.63, 3.8) is 0 Å². The summed E-state index contributed by atoms with van der Waals surface area (Å²) in [4.78, 5) is 2.64. The van der Waals surface area contributed by atoms with E-state index in [1.54, 1.807) is 0 Å². The Bertz CT molecular complexity index is 139. The molecule has 1 fully saturated rings. The van der Waals surface area contributed by atoms with Crippen LogP contribution in [0.4, 0.5) is 0 Å². The van der Waals surface area contributed by atoms with Crippen LogP contribution >= 0.6 is 0 Å². The summed E-state index contributed by atoms with van der Waals surface area (Å²) in [6, 6.07) is 0.779. The first-order valence-corrected chi connectivity index (χ1v) is 6.76. The summed E-state index contributed by atoms with van der Waals surface area (Å²) in [6.45, 7) is 6.22. The molecule has 0 aromatic rings. The second-order valence-corrected chi connectivity index (χ2v) is 4.82. The van der Waals surface area contributed by atoms with Crippen LogP contribution in [0.5, 0.6) is 0 Å². The van der Waals surface area contributed by atoms with Crippen LogP contribution in [0.25, 0.3) is 0 Å².